The van der Waals surface area contributed by atoms with Gasteiger partial charge in [-0.1, -0.05) is 20.4 Å². The normalized spacial score (nSPS) is 45.8. The first-order chi connectivity index (χ1) is 9.27. The van der Waals surface area contributed by atoms with Gasteiger partial charge in [-0.15, -0.1) is 0 Å². The molecule has 112 valence electrons. The third-order valence-electron chi connectivity index (χ3n) is 5.91. The predicted octanol–water partition coefficient (Wildman–Crippen LogP) is 4.05. The van der Waals surface area contributed by atoms with Crippen molar-refractivity contribution in [2.45, 2.75) is 64.1 Å². The first-order valence-corrected chi connectivity index (χ1v) is 7.84. The summed E-state index contributed by atoms with van der Waals surface area (Å²) in [6.45, 7) is 9.60. The van der Waals surface area contributed by atoms with Crippen LogP contribution in [0.1, 0.15) is 52.9 Å². The van der Waals surface area contributed by atoms with Gasteiger partial charge in [0.05, 0.1) is 0 Å². The van der Waals surface area contributed by atoms with Gasteiger partial charge in [0.2, 0.25) is 0 Å². The van der Waals surface area contributed by atoms with Gasteiger partial charge < -0.3 is 4.74 Å². The summed E-state index contributed by atoms with van der Waals surface area (Å²) in [6, 6.07) is 0. The van der Waals surface area contributed by atoms with Crippen LogP contribution in [0.25, 0.3) is 0 Å². The molecule has 0 aliphatic heterocycles. The second kappa shape index (κ2) is 4.32. The highest BCUT2D eigenvalue weighted by Crippen LogP contribution is 2.64. The molecule has 3 heteroatoms. The van der Waals surface area contributed by atoms with Crippen LogP contribution in [-0.2, 0) is 9.53 Å². The summed E-state index contributed by atoms with van der Waals surface area (Å²) < 4.78 is 20.8. The maximum absolute atomic E-state index is 14.8. The van der Waals surface area contributed by atoms with E-state index >= 15 is 0 Å². The van der Waals surface area contributed by atoms with Crippen LogP contribution in [0.3, 0.4) is 0 Å². The Balaban J connectivity index is 1.95. The molecule has 0 spiro atoms. The van der Waals surface area contributed by atoms with E-state index in [2.05, 4.69) is 20.4 Å². The van der Waals surface area contributed by atoms with Crippen LogP contribution in [0.15, 0.2) is 12.2 Å². The molecule has 2 atom stereocenters. The molecule has 4 saturated carbocycles. The van der Waals surface area contributed by atoms with Gasteiger partial charge in [0.1, 0.15) is 11.3 Å². The Labute approximate surface area is 120 Å². The Bertz CT molecular complexity index is 438. The van der Waals surface area contributed by atoms with Gasteiger partial charge in [-0.3, -0.25) is 0 Å². The summed E-state index contributed by atoms with van der Waals surface area (Å²) in [5, 5.41) is 0. The fourth-order valence-electron chi connectivity index (χ4n) is 5.38. The van der Waals surface area contributed by atoms with Crippen LogP contribution < -0.4 is 0 Å². The van der Waals surface area contributed by atoms with E-state index < -0.39 is 11.3 Å². The number of hydrogen-bond donors (Lipinski definition) is 0. The molecule has 2 unspecified atom stereocenters. The van der Waals surface area contributed by atoms with Crippen LogP contribution in [0.4, 0.5) is 4.39 Å². The SMILES string of the molecule is C=C(C)C(=O)OC1(C(C)C)C2CC3CC1CC(F)(C3)C2. The third-order valence-corrected chi connectivity index (χ3v) is 5.91. The molecular formula is C17H25FO2. The van der Waals surface area contributed by atoms with E-state index in [1.807, 2.05) is 0 Å². The number of esters is 1. The second-order valence-electron chi connectivity index (χ2n) is 7.67. The summed E-state index contributed by atoms with van der Waals surface area (Å²) in [6.07, 6.45) is 3.90. The fourth-order valence-corrected chi connectivity index (χ4v) is 5.38. The monoisotopic (exact) mass is 280 g/mol. The average molecular weight is 280 g/mol. The Morgan fingerprint density at radius 3 is 2.20 bits per heavy atom. The van der Waals surface area contributed by atoms with E-state index in [4.69, 9.17) is 4.74 Å². The molecule has 4 fully saturated rings. The van der Waals surface area contributed by atoms with Crippen molar-refractivity contribution in [2.24, 2.45) is 23.7 Å². The zero-order valence-corrected chi connectivity index (χ0v) is 12.7. The van der Waals surface area contributed by atoms with Crippen molar-refractivity contribution in [1.29, 1.82) is 0 Å². The van der Waals surface area contributed by atoms with Crippen molar-refractivity contribution in [3.05, 3.63) is 12.2 Å². The van der Waals surface area contributed by atoms with E-state index in [0.717, 1.165) is 19.3 Å². The van der Waals surface area contributed by atoms with Crippen LogP contribution >= 0.6 is 0 Å². The molecule has 0 amide bonds. The summed E-state index contributed by atoms with van der Waals surface area (Å²) >= 11 is 0. The molecule has 4 rings (SSSR count). The fraction of sp³-hybridized carbons (Fsp3) is 0.824. The Kier molecular flexibility index (Phi) is 3.04. The van der Waals surface area contributed by atoms with Gasteiger partial charge in [-0.2, -0.15) is 0 Å². The highest BCUT2D eigenvalue weighted by molar-refractivity contribution is 5.87. The third kappa shape index (κ3) is 1.85. The minimum absolute atomic E-state index is 0.182. The van der Waals surface area contributed by atoms with Crippen molar-refractivity contribution in [3.63, 3.8) is 0 Å². The average Bonchev–Trinajstić information content (AvgIpc) is 2.30. The topological polar surface area (TPSA) is 26.3 Å². The highest BCUT2D eigenvalue weighted by Gasteiger charge is 2.65. The molecule has 0 aromatic heterocycles. The molecule has 0 aromatic carbocycles. The zero-order valence-electron chi connectivity index (χ0n) is 12.7. The van der Waals surface area contributed by atoms with Gasteiger partial charge in [0.25, 0.3) is 0 Å². The van der Waals surface area contributed by atoms with Gasteiger partial charge in [-0.25, -0.2) is 9.18 Å². The number of hydrogen-bond acceptors (Lipinski definition) is 2. The lowest BCUT2D eigenvalue weighted by atomic mass is 9.46. The molecule has 4 aliphatic carbocycles. The lowest BCUT2D eigenvalue weighted by Crippen LogP contribution is -2.65. The van der Waals surface area contributed by atoms with E-state index in [1.165, 1.54) is 0 Å². The first-order valence-electron chi connectivity index (χ1n) is 7.84. The van der Waals surface area contributed by atoms with Crippen LogP contribution in [0.5, 0.6) is 0 Å². The maximum Gasteiger partial charge on any atom is 0.333 e. The minimum Gasteiger partial charge on any atom is -0.455 e. The Morgan fingerprint density at radius 1 is 1.25 bits per heavy atom. The van der Waals surface area contributed by atoms with Crippen molar-refractivity contribution >= 4 is 5.97 Å². The van der Waals surface area contributed by atoms with Gasteiger partial charge in [0, 0.05) is 17.4 Å². The standard InChI is InChI=1S/C17H25FO2/c1-10(2)15(19)20-17(11(3)4)13-5-12-6-14(17)9-16(18,7-12)8-13/h11-14H,1,5-9H2,2-4H3. The van der Waals surface area contributed by atoms with E-state index in [0.29, 0.717) is 24.3 Å². The molecule has 2 nitrogen and oxygen atoms in total. The molecule has 0 aromatic rings. The predicted molar refractivity (Wildman–Crippen MR) is 75.9 cm³/mol. The van der Waals surface area contributed by atoms with Gasteiger partial charge >= 0.3 is 5.97 Å². The molecule has 20 heavy (non-hydrogen) atoms. The minimum atomic E-state index is -0.996. The molecular weight excluding hydrogens is 255 g/mol. The molecule has 0 radical (unpaired) electrons. The van der Waals surface area contributed by atoms with Crippen LogP contribution in [0, 0.1) is 23.7 Å². The van der Waals surface area contributed by atoms with E-state index in [1.54, 1.807) is 6.92 Å². The summed E-state index contributed by atoms with van der Waals surface area (Å²) in [7, 11) is 0. The maximum atomic E-state index is 14.8. The molecule has 0 saturated heterocycles. The largest absolute Gasteiger partial charge is 0.455 e. The Morgan fingerprint density at radius 2 is 1.80 bits per heavy atom. The first kappa shape index (κ1) is 14.1. The second-order valence-corrected chi connectivity index (χ2v) is 7.67. The lowest BCUT2D eigenvalue weighted by Gasteiger charge is -2.63. The summed E-state index contributed by atoms with van der Waals surface area (Å²) in [5.41, 5.74) is -1.03. The zero-order chi connectivity index (χ0) is 14.7. The van der Waals surface area contributed by atoms with Crippen molar-refractivity contribution in [1.82, 2.24) is 0 Å². The van der Waals surface area contributed by atoms with Gasteiger partial charge in [-0.05, 0) is 50.9 Å². The number of carbonyl (C=O) groups is 1. The number of carbonyl (C=O) groups excluding carboxylic acids is 1. The quantitative estimate of drug-likeness (QED) is 0.576. The molecule has 0 N–H and O–H groups in total. The highest BCUT2D eigenvalue weighted by atomic mass is 19.1. The number of alkyl halides is 1. The Hall–Kier alpha value is -0.860. The number of rotatable bonds is 3. The van der Waals surface area contributed by atoms with E-state index in [-0.39, 0.29) is 23.7 Å². The van der Waals surface area contributed by atoms with Crippen LogP contribution in [0.2, 0.25) is 0 Å². The van der Waals surface area contributed by atoms with Crippen LogP contribution in [-0.4, -0.2) is 17.2 Å². The molecule has 4 bridgehead atoms. The summed E-state index contributed by atoms with van der Waals surface area (Å²) in [4.78, 5) is 12.1. The van der Waals surface area contributed by atoms with Crippen molar-refractivity contribution < 1.29 is 13.9 Å². The lowest BCUT2D eigenvalue weighted by molar-refractivity contribution is -0.240. The van der Waals surface area contributed by atoms with Crippen molar-refractivity contribution in [3.8, 4) is 0 Å². The smallest absolute Gasteiger partial charge is 0.333 e. The number of ether oxygens (including phenoxy) is 1. The molecule has 0 heterocycles. The van der Waals surface area contributed by atoms with Gasteiger partial charge in [0.15, 0.2) is 0 Å². The number of halogens is 1. The van der Waals surface area contributed by atoms with E-state index in [9.17, 15) is 9.18 Å². The van der Waals surface area contributed by atoms with Crippen molar-refractivity contribution in [2.75, 3.05) is 0 Å². The molecule has 4 aliphatic rings. The summed E-state index contributed by atoms with van der Waals surface area (Å²) in [5.74, 6) is 0.778.